The fraction of sp³-hybridized carbons (Fsp3) is 0.381. The molecule has 3 aromatic rings. The molecule has 158 valence electrons. The summed E-state index contributed by atoms with van der Waals surface area (Å²) in [6.07, 6.45) is 1.49. The smallest absolute Gasteiger partial charge is 0.326 e. The average molecular weight is 452 g/mol. The number of imidazole rings is 1. The van der Waals surface area contributed by atoms with Crippen LogP contribution in [0.15, 0.2) is 35.1 Å². The third-order valence-corrected chi connectivity index (χ3v) is 6.49. The van der Waals surface area contributed by atoms with Crippen LogP contribution in [0.3, 0.4) is 0 Å². The minimum atomic E-state index is -0.343. The van der Waals surface area contributed by atoms with E-state index in [1.54, 1.807) is 22.8 Å². The van der Waals surface area contributed by atoms with Crippen LogP contribution in [-0.2, 0) is 0 Å². The second-order valence-electron chi connectivity index (χ2n) is 7.76. The number of rotatable bonds is 3. The fourth-order valence-corrected chi connectivity index (χ4v) is 4.63. The van der Waals surface area contributed by atoms with Crippen LogP contribution in [0.4, 0.5) is 4.39 Å². The maximum absolute atomic E-state index is 13.5. The monoisotopic (exact) mass is 451 g/mol. The molecular weight excluding hydrogens is 432 g/mol. The van der Waals surface area contributed by atoms with Gasteiger partial charge in [-0.05, 0) is 37.1 Å². The van der Waals surface area contributed by atoms with Gasteiger partial charge in [-0.15, -0.1) is 0 Å². The number of nitrogens with zero attached hydrogens (tertiary/aromatic N) is 2. The molecule has 3 heterocycles. The van der Waals surface area contributed by atoms with Gasteiger partial charge in [0.15, 0.2) is 11.5 Å². The lowest BCUT2D eigenvalue weighted by Gasteiger charge is -2.36. The molecule has 0 bridgehead atoms. The zero-order valence-corrected chi connectivity index (χ0v) is 17.5. The quantitative estimate of drug-likeness (QED) is 0.646. The van der Waals surface area contributed by atoms with Crippen molar-refractivity contribution in [1.82, 2.24) is 14.5 Å². The highest BCUT2D eigenvalue weighted by atomic mass is 35.5. The van der Waals surface area contributed by atoms with Gasteiger partial charge in [0.1, 0.15) is 18.5 Å². The van der Waals surface area contributed by atoms with Crippen LogP contribution >= 0.6 is 23.2 Å². The van der Waals surface area contributed by atoms with E-state index in [0.29, 0.717) is 40.2 Å². The second kappa shape index (κ2) is 7.80. The summed E-state index contributed by atoms with van der Waals surface area (Å²) in [7, 11) is 0. The summed E-state index contributed by atoms with van der Waals surface area (Å²) >= 11 is 12.2. The molecule has 1 fully saturated rings. The summed E-state index contributed by atoms with van der Waals surface area (Å²) in [6.45, 7) is 2.76. The van der Waals surface area contributed by atoms with Crippen molar-refractivity contribution < 1.29 is 13.9 Å². The first-order chi connectivity index (χ1) is 14.5. The summed E-state index contributed by atoms with van der Waals surface area (Å²) in [4.78, 5) is 17.7. The molecule has 2 aliphatic rings. The molecule has 1 N–H and O–H groups in total. The molecule has 0 aliphatic carbocycles. The number of piperidine rings is 1. The Balaban J connectivity index is 1.25. The molecule has 0 spiro atoms. The van der Waals surface area contributed by atoms with Gasteiger partial charge in [0, 0.05) is 31.7 Å². The van der Waals surface area contributed by atoms with E-state index in [1.807, 2.05) is 0 Å². The SMILES string of the molecule is O=c1[nH]c2cc(Cl)c(Cl)cc2n1C1CCN(CC2COc3ccc(F)cc3O2)CC1. The van der Waals surface area contributed by atoms with Gasteiger partial charge in [0.2, 0.25) is 0 Å². The van der Waals surface area contributed by atoms with Crippen LogP contribution in [-0.4, -0.2) is 46.8 Å². The molecule has 0 radical (unpaired) electrons. The molecule has 0 amide bonds. The normalized spacial score (nSPS) is 20.0. The number of aromatic amines is 1. The maximum atomic E-state index is 13.5. The molecular formula is C21H20Cl2FN3O3. The van der Waals surface area contributed by atoms with Gasteiger partial charge in [-0.3, -0.25) is 9.47 Å². The highest BCUT2D eigenvalue weighted by Crippen LogP contribution is 2.33. The number of benzene rings is 2. The van der Waals surface area contributed by atoms with Crippen molar-refractivity contribution >= 4 is 34.2 Å². The van der Waals surface area contributed by atoms with Crippen LogP contribution in [0, 0.1) is 5.82 Å². The van der Waals surface area contributed by atoms with Crippen molar-refractivity contribution in [3.05, 3.63) is 56.7 Å². The highest BCUT2D eigenvalue weighted by molar-refractivity contribution is 6.42. The fourth-order valence-electron chi connectivity index (χ4n) is 4.31. The Morgan fingerprint density at radius 3 is 2.67 bits per heavy atom. The van der Waals surface area contributed by atoms with E-state index in [2.05, 4.69) is 9.88 Å². The number of hydrogen-bond acceptors (Lipinski definition) is 4. The molecule has 1 unspecified atom stereocenters. The Morgan fingerprint density at radius 2 is 1.87 bits per heavy atom. The number of aromatic nitrogens is 2. The van der Waals surface area contributed by atoms with E-state index in [4.69, 9.17) is 32.7 Å². The number of ether oxygens (including phenoxy) is 2. The number of fused-ring (bicyclic) bond motifs is 2. The van der Waals surface area contributed by atoms with Gasteiger partial charge in [0.05, 0.1) is 21.1 Å². The zero-order chi connectivity index (χ0) is 20.8. The molecule has 9 heteroatoms. The minimum absolute atomic E-state index is 0.0816. The number of nitrogens with one attached hydrogen (secondary N) is 1. The molecule has 30 heavy (non-hydrogen) atoms. The molecule has 6 nitrogen and oxygen atoms in total. The summed E-state index contributed by atoms with van der Waals surface area (Å²) < 4.78 is 26.9. The Kier molecular flexibility index (Phi) is 5.13. The topological polar surface area (TPSA) is 59.5 Å². The standard InChI is InChI=1S/C21H20Cl2FN3O3/c22-15-8-17-18(9-16(15)23)27(21(28)25-17)13-3-5-26(6-4-13)10-14-11-29-19-2-1-12(24)7-20(19)30-14/h1-2,7-9,13-14H,3-6,10-11H2,(H,25,28). The molecule has 1 aromatic heterocycles. The highest BCUT2D eigenvalue weighted by Gasteiger charge is 2.28. The van der Waals surface area contributed by atoms with Gasteiger partial charge < -0.3 is 14.5 Å². The van der Waals surface area contributed by atoms with Crippen molar-refractivity contribution in [3.63, 3.8) is 0 Å². The lowest BCUT2D eigenvalue weighted by atomic mass is 10.0. The Bertz CT molecular complexity index is 1150. The van der Waals surface area contributed by atoms with E-state index in [0.717, 1.165) is 31.4 Å². The van der Waals surface area contributed by atoms with Crippen LogP contribution in [0.1, 0.15) is 18.9 Å². The third kappa shape index (κ3) is 3.66. The first-order valence-corrected chi connectivity index (χ1v) is 10.6. The van der Waals surface area contributed by atoms with Crippen molar-refractivity contribution in [2.75, 3.05) is 26.2 Å². The lowest BCUT2D eigenvalue weighted by molar-refractivity contribution is 0.0482. The lowest BCUT2D eigenvalue weighted by Crippen LogP contribution is -2.45. The molecule has 1 atom stereocenters. The van der Waals surface area contributed by atoms with Crippen LogP contribution in [0.5, 0.6) is 11.5 Å². The third-order valence-electron chi connectivity index (χ3n) is 5.77. The Labute approximate surface area is 182 Å². The van der Waals surface area contributed by atoms with E-state index in [-0.39, 0.29) is 23.7 Å². The number of halogens is 3. The summed E-state index contributed by atoms with van der Waals surface area (Å²) in [6, 6.07) is 7.82. The average Bonchev–Trinajstić information content (AvgIpc) is 3.03. The first-order valence-electron chi connectivity index (χ1n) is 9.88. The number of likely N-dealkylation sites (tertiary alicyclic amines) is 1. The second-order valence-corrected chi connectivity index (χ2v) is 8.57. The molecule has 0 saturated carbocycles. The maximum Gasteiger partial charge on any atom is 0.326 e. The van der Waals surface area contributed by atoms with Crippen molar-refractivity contribution in [2.24, 2.45) is 0 Å². The van der Waals surface area contributed by atoms with Crippen molar-refractivity contribution in [3.8, 4) is 11.5 Å². The molecule has 2 aliphatic heterocycles. The van der Waals surface area contributed by atoms with E-state index >= 15 is 0 Å². The summed E-state index contributed by atoms with van der Waals surface area (Å²) in [5.41, 5.74) is 1.32. The zero-order valence-electron chi connectivity index (χ0n) is 16.0. The van der Waals surface area contributed by atoms with Gasteiger partial charge in [0.25, 0.3) is 0 Å². The van der Waals surface area contributed by atoms with Crippen LogP contribution in [0.25, 0.3) is 11.0 Å². The van der Waals surface area contributed by atoms with E-state index in [9.17, 15) is 9.18 Å². The Hall–Kier alpha value is -2.22. The predicted octanol–water partition coefficient (Wildman–Crippen LogP) is 4.25. The number of H-pyrrole nitrogens is 1. The van der Waals surface area contributed by atoms with Crippen LogP contribution in [0.2, 0.25) is 10.0 Å². The van der Waals surface area contributed by atoms with Gasteiger partial charge in [-0.25, -0.2) is 9.18 Å². The molecule has 1 saturated heterocycles. The Morgan fingerprint density at radius 1 is 1.10 bits per heavy atom. The van der Waals surface area contributed by atoms with Crippen molar-refractivity contribution in [2.45, 2.75) is 25.0 Å². The molecule has 2 aromatic carbocycles. The van der Waals surface area contributed by atoms with Crippen LogP contribution < -0.4 is 15.2 Å². The van der Waals surface area contributed by atoms with Gasteiger partial charge in [-0.2, -0.15) is 0 Å². The first kappa shape index (κ1) is 19.7. The molecule has 5 rings (SSSR count). The van der Waals surface area contributed by atoms with E-state index in [1.165, 1.54) is 12.1 Å². The minimum Gasteiger partial charge on any atom is -0.486 e. The predicted molar refractivity (Wildman–Crippen MR) is 114 cm³/mol. The summed E-state index contributed by atoms with van der Waals surface area (Å²) in [5.74, 6) is 0.676. The van der Waals surface area contributed by atoms with Gasteiger partial charge in [-0.1, -0.05) is 23.2 Å². The largest absolute Gasteiger partial charge is 0.486 e. The van der Waals surface area contributed by atoms with E-state index < -0.39 is 0 Å². The number of hydrogen-bond donors (Lipinski definition) is 1. The summed E-state index contributed by atoms with van der Waals surface area (Å²) in [5, 5.41) is 0.851. The van der Waals surface area contributed by atoms with Gasteiger partial charge >= 0.3 is 5.69 Å². The van der Waals surface area contributed by atoms with Crippen molar-refractivity contribution in [1.29, 1.82) is 0 Å².